The van der Waals surface area contributed by atoms with Crippen molar-refractivity contribution in [3.05, 3.63) is 0 Å². The van der Waals surface area contributed by atoms with Crippen molar-refractivity contribution in [2.45, 2.75) is 102 Å². The molecule has 0 radical (unpaired) electrons. The molecule has 0 aromatic heterocycles. The van der Waals surface area contributed by atoms with Gasteiger partial charge in [-0.2, -0.15) is 0 Å². The summed E-state index contributed by atoms with van der Waals surface area (Å²) < 4.78 is 15.2. The Kier molecular flexibility index (Phi) is 16.5. The summed E-state index contributed by atoms with van der Waals surface area (Å²) in [4.78, 5) is 22.7. The van der Waals surface area contributed by atoms with Gasteiger partial charge in [-0.3, -0.25) is 9.59 Å². The first-order valence-electron chi connectivity index (χ1n) is 10.3. The molecule has 0 saturated carbocycles. The van der Waals surface area contributed by atoms with Gasteiger partial charge in [-0.1, -0.05) is 58.3 Å². The van der Waals surface area contributed by atoms with Crippen LogP contribution in [0.1, 0.15) is 78.1 Å². The van der Waals surface area contributed by atoms with Crippen molar-refractivity contribution in [3.8, 4) is 0 Å². The van der Waals surface area contributed by atoms with E-state index in [0.29, 0.717) is 6.42 Å². The molecule has 0 bridgehead atoms. The fraction of sp³-hybridized carbons (Fsp3) is 0.900. The minimum atomic E-state index is -1.16. The Morgan fingerprint density at radius 1 is 1.07 bits per heavy atom. The van der Waals surface area contributed by atoms with E-state index in [-0.39, 0.29) is 48.7 Å². The average Bonchev–Trinajstić information content (AvgIpc) is 2.98. The van der Waals surface area contributed by atoms with E-state index >= 15 is 0 Å². The number of hydrogen-bond acceptors (Lipinski definition) is 7. The molecule has 8 heteroatoms. The summed E-state index contributed by atoms with van der Waals surface area (Å²) in [5, 5.41) is 20.1. The van der Waals surface area contributed by atoms with Crippen LogP contribution >= 0.6 is 0 Å². The Morgan fingerprint density at radius 2 is 1.64 bits per heavy atom. The van der Waals surface area contributed by atoms with E-state index in [1.54, 1.807) is 0 Å². The van der Waals surface area contributed by atoms with Gasteiger partial charge in [0.05, 0.1) is 6.61 Å². The summed E-state index contributed by atoms with van der Waals surface area (Å²) in [7, 11) is 0. The standard InChI is InChI=1S/C20H36O7.Na.H/c1-3-4-5-6-7-8-9-10-11-12-18(23)25-13-16(22)20-19(24)17(14-26-20)27-15(2)21;;/h16-17,19-20,22,24H,3-14H2,1-2H3;;/t16-,17+,19-,20-;;/m1../s1. The van der Waals surface area contributed by atoms with Crippen molar-refractivity contribution in [3.63, 3.8) is 0 Å². The molecular weight excluding hydrogens is 375 g/mol. The van der Waals surface area contributed by atoms with Crippen molar-refractivity contribution < 1.29 is 34.0 Å². The molecule has 7 nitrogen and oxygen atoms in total. The summed E-state index contributed by atoms with van der Waals surface area (Å²) in [5.41, 5.74) is 0. The zero-order valence-corrected chi connectivity index (χ0v) is 16.7. The van der Waals surface area contributed by atoms with Crippen LogP contribution in [-0.2, 0) is 23.8 Å². The van der Waals surface area contributed by atoms with Crippen molar-refractivity contribution >= 4 is 41.5 Å². The molecule has 0 spiro atoms. The molecule has 1 heterocycles. The predicted octanol–water partition coefficient (Wildman–Crippen LogP) is 1.85. The summed E-state index contributed by atoms with van der Waals surface area (Å²) in [6, 6.07) is 0. The van der Waals surface area contributed by atoms with E-state index in [1.807, 2.05) is 0 Å². The van der Waals surface area contributed by atoms with Crippen LogP contribution in [0, 0.1) is 0 Å². The molecule has 28 heavy (non-hydrogen) atoms. The van der Waals surface area contributed by atoms with Crippen LogP contribution < -0.4 is 0 Å². The monoisotopic (exact) mass is 412 g/mol. The third-order valence-electron chi connectivity index (χ3n) is 4.77. The SMILES string of the molecule is CCCCCCCCCCCC(=O)OC[C@@H](O)[C@H]1OC[C@H](OC(C)=O)[C@H]1O.[NaH]. The van der Waals surface area contributed by atoms with E-state index in [1.165, 1.54) is 45.4 Å². The van der Waals surface area contributed by atoms with Gasteiger partial charge in [-0.15, -0.1) is 0 Å². The molecule has 2 N–H and O–H groups in total. The molecule has 1 rings (SSSR count). The molecule has 4 atom stereocenters. The topological polar surface area (TPSA) is 102 Å². The van der Waals surface area contributed by atoms with E-state index in [4.69, 9.17) is 14.2 Å². The van der Waals surface area contributed by atoms with Gasteiger partial charge >= 0.3 is 41.5 Å². The van der Waals surface area contributed by atoms with Gasteiger partial charge < -0.3 is 24.4 Å². The van der Waals surface area contributed by atoms with Gasteiger partial charge in [0.15, 0.2) is 6.10 Å². The predicted molar refractivity (Wildman–Crippen MR) is 107 cm³/mol. The number of rotatable bonds is 14. The zero-order valence-electron chi connectivity index (χ0n) is 16.7. The van der Waals surface area contributed by atoms with Gasteiger partial charge in [0, 0.05) is 13.3 Å². The van der Waals surface area contributed by atoms with E-state index in [2.05, 4.69) is 6.92 Å². The number of carbonyl (C=O) groups is 2. The van der Waals surface area contributed by atoms with E-state index in [9.17, 15) is 19.8 Å². The molecule has 0 amide bonds. The number of ether oxygens (including phenoxy) is 3. The Balaban J connectivity index is 0.00000729. The Morgan fingerprint density at radius 3 is 2.21 bits per heavy atom. The summed E-state index contributed by atoms with van der Waals surface area (Å²) in [6.07, 6.45) is 6.83. The fourth-order valence-corrected chi connectivity index (χ4v) is 3.20. The number of aliphatic hydroxyl groups excluding tert-OH is 2. The molecule has 0 aliphatic carbocycles. The van der Waals surface area contributed by atoms with Crippen molar-refractivity contribution in [2.75, 3.05) is 13.2 Å². The molecular formula is C20H37NaO7. The van der Waals surface area contributed by atoms with Crippen molar-refractivity contribution in [1.82, 2.24) is 0 Å². The van der Waals surface area contributed by atoms with E-state index in [0.717, 1.165) is 19.3 Å². The average molecular weight is 412 g/mol. The normalized spacial score (nSPS) is 22.4. The molecule has 0 aromatic carbocycles. The molecule has 1 saturated heterocycles. The van der Waals surface area contributed by atoms with Gasteiger partial charge in [0.2, 0.25) is 0 Å². The molecule has 0 unspecified atom stereocenters. The van der Waals surface area contributed by atoms with Crippen LogP contribution in [-0.4, -0.2) is 89.3 Å². The summed E-state index contributed by atoms with van der Waals surface area (Å²) in [6.45, 7) is 3.21. The van der Waals surface area contributed by atoms with Crippen LogP contribution in [0.3, 0.4) is 0 Å². The number of esters is 2. The number of unbranched alkanes of at least 4 members (excludes halogenated alkanes) is 8. The molecule has 1 aliphatic rings. The first-order valence-corrected chi connectivity index (χ1v) is 10.3. The number of carbonyl (C=O) groups excluding carboxylic acids is 2. The number of hydrogen-bond donors (Lipinski definition) is 2. The maximum absolute atomic E-state index is 11.8. The van der Waals surface area contributed by atoms with E-state index < -0.39 is 30.4 Å². The van der Waals surface area contributed by atoms with Crippen molar-refractivity contribution in [1.29, 1.82) is 0 Å². The zero-order chi connectivity index (χ0) is 20.1. The second-order valence-electron chi connectivity index (χ2n) is 7.27. The molecule has 1 aliphatic heterocycles. The summed E-state index contributed by atoms with van der Waals surface area (Å²) in [5.74, 6) is -0.883. The molecule has 160 valence electrons. The van der Waals surface area contributed by atoms with Crippen LogP contribution in [0.15, 0.2) is 0 Å². The third-order valence-corrected chi connectivity index (χ3v) is 4.77. The second-order valence-corrected chi connectivity index (χ2v) is 7.27. The summed E-state index contributed by atoms with van der Waals surface area (Å²) >= 11 is 0. The van der Waals surface area contributed by atoms with Crippen LogP contribution in [0.4, 0.5) is 0 Å². The van der Waals surface area contributed by atoms with Crippen LogP contribution in [0.2, 0.25) is 0 Å². The Labute approximate surface area is 190 Å². The second kappa shape index (κ2) is 16.6. The Hall–Kier alpha value is -0.180. The molecule has 0 aromatic rings. The number of aliphatic hydroxyl groups is 2. The minimum absolute atomic E-state index is 0. The van der Waals surface area contributed by atoms with Gasteiger partial charge in [-0.05, 0) is 6.42 Å². The molecule has 1 fully saturated rings. The Bertz CT molecular complexity index is 433. The first-order chi connectivity index (χ1) is 13.0. The quantitative estimate of drug-likeness (QED) is 0.255. The van der Waals surface area contributed by atoms with Crippen molar-refractivity contribution in [2.24, 2.45) is 0 Å². The third kappa shape index (κ3) is 11.7. The fourth-order valence-electron chi connectivity index (χ4n) is 3.20. The first kappa shape index (κ1) is 27.8. The van der Waals surface area contributed by atoms with Crippen LogP contribution in [0.5, 0.6) is 0 Å². The van der Waals surface area contributed by atoms with Crippen LogP contribution in [0.25, 0.3) is 0 Å². The van der Waals surface area contributed by atoms with Gasteiger partial charge in [0.25, 0.3) is 0 Å². The van der Waals surface area contributed by atoms with Gasteiger partial charge in [0.1, 0.15) is 24.9 Å². The van der Waals surface area contributed by atoms with Gasteiger partial charge in [-0.25, -0.2) is 0 Å². The maximum atomic E-state index is 11.8.